The predicted octanol–water partition coefficient (Wildman–Crippen LogP) is 1.60. The summed E-state index contributed by atoms with van der Waals surface area (Å²) in [6.07, 6.45) is 8.43. The van der Waals surface area contributed by atoms with Gasteiger partial charge in [0.1, 0.15) is 12.4 Å². The summed E-state index contributed by atoms with van der Waals surface area (Å²) in [5, 5.41) is 6.27. The second kappa shape index (κ2) is 8.07. The van der Waals surface area contributed by atoms with E-state index in [1.54, 1.807) is 5.01 Å². The Morgan fingerprint density at radius 1 is 1.38 bits per heavy atom. The van der Waals surface area contributed by atoms with Crippen molar-refractivity contribution in [1.29, 1.82) is 0 Å². The fourth-order valence-electron chi connectivity index (χ4n) is 2.30. The summed E-state index contributed by atoms with van der Waals surface area (Å²) >= 11 is 0. The Hall–Kier alpha value is -2.19. The van der Waals surface area contributed by atoms with E-state index in [-0.39, 0.29) is 11.9 Å². The molecule has 0 spiro atoms. The van der Waals surface area contributed by atoms with E-state index in [0.29, 0.717) is 12.8 Å². The zero-order chi connectivity index (χ0) is 17.6. The van der Waals surface area contributed by atoms with Crippen LogP contribution in [0.25, 0.3) is 0 Å². The van der Waals surface area contributed by atoms with Gasteiger partial charge < -0.3 is 4.90 Å². The van der Waals surface area contributed by atoms with Gasteiger partial charge in [-0.3, -0.25) is 9.56 Å². The van der Waals surface area contributed by atoms with Crippen molar-refractivity contribution in [2.45, 2.75) is 19.0 Å². The van der Waals surface area contributed by atoms with E-state index in [1.165, 1.54) is 0 Å². The van der Waals surface area contributed by atoms with Gasteiger partial charge in [-0.25, -0.2) is 0 Å². The first-order valence-electron chi connectivity index (χ1n) is 7.66. The van der Waals surface area contributed by atoms with Crippen LogP contribution in [0.15, 0.2) is 47.8 Å². The lowest BCUT2D eigenvalue weighted by Gasteiger charge is -2.15. The van der Waals surface area contributed by atoms with Crippen LogP contribution in [0.1, 0.15) is 12.8 Å². The molecule has 1 unspecified atom stereocenters. The van der Waals surface area contributed by atoms with Gasteiger partial charge in [-0.05, 0) is 18.6 Å². The molecule has 0 fully saturated rings. The number of hydrogen-bond donors (Lipinski definition) is 1. The lowest BCUT2D eigenvalue weighted by Crippen LogP contribution is -2.33. The second-order valence-corrected chi connectivity index (χ2v) is 7.13. The Kier molecular flexibility index (Phi) is 6.10. The minimum Gasteiger partial charge on any atom is -0.313 e. The van der Waals surface area contributed by atoms with E-state index in [9.17, 15) is 8.42 Å². The van der Waals surface area contributed by atoms with E-state index in [2.05, 4.69) is 5.10 Å². The standard InChI is InChI=1S/C16H22N4O3S/c1-18-11-12-20(10-6-7-13-24(21,22)23)16(18)14-17-19(2)15-8-4-3-5-9-15/h3-5,8-12,14,16H,6-7,13H2,1-2H3/p+1. The van der Waals surface area contributed by atoms with Gasteiger partial charge in [0, 0.05) is 20.5 Å². The van der Waals surface area contributed by atoms with E-state index in [0.717, 1.165) is 5.69 Å². The van der Waals surface area contributed by atoms with Crippen molar-refractivity contribution < 1.29 is 17.5 Å². The molecule has 1 aromatic carbocycles. The van der Waals surface area contributed by atoms with Crippen molar-refractivity contribution >= 4 is 28.2 Å². The number of anilines is 1. The fourth-order valence-corrected chi connectivity index (χ4v) is 2.83. The van der Waals surface area contributed by atoms with Crippen LogP contribution in [-0.2, 0) is 10.1 Å². The van der Waals surface area contributed by atoms with Gasteiger partial charge in [-0.15, -0.1) is 0 Å². The molecule has 0 amide bonds. The van der Waals surface area contributed by atoms with Gasteiger partial charge in [-0.1, -0.05) is 18.2 Å². The molecule has 8 heteroatoms. The molecule has 130 valence electrons. The zero-order valence-corrected chi connectivity index (χ0v) is 14.7. The third-order valence-electron chi connectivity index (χ3n) is 3.65. The van der Waals surface area contributed by atoms with Crippen LogP contribution in [0, 0.1) is 0 Å². The summed E-state index contributed by atoms with van der Waals surface area (Å²) in [5.41, 5.74) is 0.992. The van der Waals surface area contributed by atoms with Gasteiger partial charge in [0.2, 0.25) is 0 Å². The van der Waals surface area contributed by atoms with Crippen LogP contribution in [0.5, 0.6) is 0 Å². The maximum absolute atomic E-state index is 10.7. The minimum atomic E-state index is -3.90. The molecule has 7 nitrogen and oxygen atoms in total. The lowest BCUT2D eigenvalue weighted by molar-refractivity contribution is -0.483. The molecular weight excluding hydrogens is 328 g/mol. The molecule has 0 saturated carbocycles. The van der Waals surface area contributed by atoms with Crippen LogP contribution >= 0.6 is 0 Å². The monoisotopic (exact) mass is 351 g/mol. The van der Waals surface area contributed by atoms with Crippen molar-refractivity contribution in [1.82, 2.24) is 4.90 Å². The SMILES string of the molecule is CN(N=CC1N(C)C=C[N+]1=CCCCS(=O)(=O)O)c1ccccc1. The molecule has 1 atom stereocenters. The normalized spacial score (nSPS) is 19.5. The van der Waals surface area contributed by atoms with Crippen LogP contribution in [0.4, 0.5) is 5.69 Å². The highest BCUT2D eigenvalue weighted by Crippen LogP contribution is 2.12. The number of rotatable bonds is 7. The van der Waals surface area contributed by atoms with E-state index in [1.807, 2.05) is 78.7 Å². The Morgan fingerprint density at radius 2 is 2.08 bits per heavy atom. The van der Waals surface area contributed by atoms with Crippen LogP contribution in [-0.4, -0.2) is 60.9 Å². The van der Waals surface area contributed by atoms with Crippen LogP contribution in [0.3, 0.4) is 0 Å². The summed E-state index contributed by atoms with van der Waals surface area (Å²) in [7, 11) is -0.0668. The number of unbranched alkanes of at least 4 members (excludes halogenated alkanes) is 1. The Morgan fingerprint density at radius 3 is 2.75 bits per heavy atom. The summed E-state index contributed by atoms with van der Waals surface area (Å²) in [6, 6.07) is 9.83. The number of para-hydroxylation sites is 1. The topological polar surface area (TPSA) is 76.2 Å². The molecule has 1 aliphatic rings. The molecule has 2 rings (SSSR count). The summed E-state index contributed by atoms with van der Waals surface area (Å²) in [5.74, 6) is -0.230. The number of hydrogen-bond acceptors (Lipinski definition) is 5. The molecule has 0 radical (unpaired) electrons. The first-order chi connectivity index (χ1) is 11.4. The second-order valence-electron chi connectivity index (χ2n) is 5.56. The molecule has 0 saturated heterocycles. The molecule has 0 aliphatic carbocycles. The average Bonchev–Trinajstić information content (AvgIpc) is 2.89. The number of nitrogens with zero attached hydrogens (tertiary/aromatic N) is 4. The van der Waals surface area contributed by atoms with Gasteiger partial charge in [0.25, 0.3) is 16.3 Å². The van der Waals surface area contributed by atoms with Crippen LogP contribution < -0.4 is 5.01 Å². The smallest absolute Gasteiger partial charge is 0.271 e. The van der Waals surface area contributed by atoms with Crippen LogP contribution in [0.2, 0.25) is 0 Å². The van der Waals surface area contributed by atoms with E-state index in [4.69, 9.17) is 4.55 Å². The molecule has 0 bridgehead atoms. The minimum absolute atomic E-state index is 0.0677. The van der Waals surface area contributed by atoms with Crippen molar-refractivity contribution in [2.75, 3.05) is 24.9 Å². The molecule has 24 heavy (non-hydrogen) atoms. The lowest BCUT2D eigenvalue weighted by atomic mass is 10.3. The molecule has 1 aromatic rings. The third-order valence-corrected chi connectivity index (χ3v) is 4.45. The van der Waals surface area contributed by atoms with Gasteiger partial charge in [-0.2, -0.15) is 18.1 Å². The number of hydrazone groups is 1. The molecule has 1 N–H and O–H groups in total. The van der Waals surface area contributed by atoms with Gasteiger partial charge >= 0.3 is 0 Å². The van der Waals surface area contributed by atoms with E-state index >= 15 is 0 Å². The molecule has 1 aliphatic heterocycles. The van der Waals surface area contributed by atoms with Crippen molar-refractivity contribution in [3.63, 3.8) is 0 Å². The summed E-state index contributed by atoms with van der Waals surface area (Å²) < 4.78 is 32.2. The zero-order valence-electron chi connectivity index (χ0n) is 13.9. The van der Waals surface area contributed by atoms with E-state index < -0.39 is 10.1 Å². The summed E-state index contributed by atoms with van der Waals surface area (Å²) in [4.78, 5) is 2.00. The fraction of sp³-hybridized carbons (Fsp3) is 0.375. The maximum atomic E-state index is 10.7. The summed E-state index contributed by atoms with van der Waals surface area (Å²) in [6.45, 7) is 0. The highest BCUT2D eigenvalue weighted by molar-refractivity contribution is 7.85. The quantitative estimate of drug-likeness (QED) is 0.265. The van der Waals surface area contributed by atoms with Gasteiger partial charge in [0.15, 0.2) is 6.20 Å². The highest BCUT2D eigenvalue weighted by atomic mass is 32.2. The molecular formula is C16H23N4O3S+. The first kappa shape index (κ1) is 18.2. The van der Waals surface area contributed by atoms with Crippen molar-refractivity contribution in [2.24, 2.45) is 5.10 Å². The largest absolute Gasteiger partial charge is 0.313 e. The molecule has 1 heterocycles. The predicted molar refractivity (Wildman–Crippen MR) is 96.0 cm³/mol. The first-order valence-corrected chi connectivity index (χ1v) is 9.27. The molecule has 0 aromatic heterocycles. The highest BCUT2D eigenvalue weighted by Gasteiger charge is 2.26. The Labute approximate surface area is 143 Å². The maximum Gasteiger partial charge on any atom is 0.271 e. The van der Waals surface area contributed by atoms with Gasteiger partial charge in [0.05, 0.1) is 17.6 Å². The average molecular weight is 351 g/mol. The Bertz CT molecular complexity index is 729. The van der Waals surface area contributed by atoms with Crippen molar-refractivity contribution in [3.05, 3.63) is 42.7 Å². The third kappa shape index (κ3) is 5.47. The van der Waals surface area contributed by atoms with Crippen molar-refractivity contribution in [3.8, 4) is 0 Å². The Balaban J connectivity index is 1.98. The number of benzene rings is 1.